The van der Waals surface area contributed by atoms with Crippen LogP contribution in [-0.2, 0) is 0 Å². The van der Waals surface area contributed by atoms with Gasteiger partial charge in [0.25, 0.3) is 5.91 Å². The van der Waals surface area contributed by atoms with E-state index in [4.69, 9.17) is 4.42 Å². The third-order valence-corrected chi connectivity index (χ3v) is 4.69. The minimum Gasteiger partial charge on any atom is -0.444 e. The molecule has 3 aromatic heterocycles. The number of rotatable bonds is 5. The largest absolute Gasteiger partial charge is 0.444 e. The molecule has 0 saturated heterocycles. The number of benzene rings is 1. The minimum absolute atomic E-state index is 0.309. The Morgan fingerprint density at radius 2 is 2.07 bits per heavy atom. The SMILES string of the molecule is Cc1nccc(NC(=O)c2nc(C)sc2Nc2cccc(-c3cnco3)c2)n1. The number of carbonyl (C=O) groups is 1. The Morgan fingerprint density at radius 1 is 1.18 bits per heavy atom. The summed E-state index contributed by atoms with van der Waals surface area (Å²) < 4.78 is 5.34. The molecule has 0 atom stereocenters. The molecule has 0 radical (unpaired) electrons. The van der Waals surface area contributed by atoms with Gasteiger partial charge in [0.05, 0.1) is 11.2 Å². The summed E-state index contributed by atoms with van der Waals surface area (Å²) in [7, 11) is 0. The first-order valence-corrected chi connectivity index (χ1v) is 9.24. The smallest absolute Gasteiger partial charge is 0.278 e. The zero-order valence-corrected chi connectivity index (χ0v) is 15.9. The van der Waals surface area contributed by atoms with Crippen molar-refractivity contribution in [2.75, 3.05) is 10.6 Å². The lowest BCUT2D eigenvalue weighted by molar-refractivity contribution is 0.102. The van der Waals surface area contributed by atoms with Crippen LogP contribution in [0.2, 0.25) is 0 Å². The Morgan fingerprint density at radius 3 is 2.86 bits per heavy atom. The van der Waals surface area contributed by atoms with E-state index in [1.54, 1.807) is 25.4 Å². The quantitative estimate of drug-likeness (QED) is 0.524. The predicted molar refractivity (Wildman–Crippen MR) is 107 cm³/mol. The molecule has 140 valence electrons. The zero-order chi connectivity index (χ0) is 19.5. The molecule has 28 heavy (non-hydrogen) atoms. The van der Waals surface area contributed by atoms with Crippen LogP contribution in [0.3, 0.4) is 0 Å². The number of thiazole rings is 1. The Balaban J connectivity index is 1.58. The molecule has 4 rings (SSSR count). The highest BCUT2D eigenvalue weighted by atomic mass is 32.1. The second-order valence-electron chi connectivity index (χ2n) is 5.93. The normalized spacial score (nSPS) is 10.6. The Labute approximate surface area is 164 Å². The van der Waals surface area contributed by atoms with Crippen molar-refractivity contribution in [2.24, 2.45) is 0 Å². The predicted octanol–water partition coefficient (Wildman–Crippen LogP) is 4.20. The summed E-state index contributed by atoms with van der Waals surface area (Å²) in [6, 6.07) is 9.29. The fourth-order valence-corrected chi connectivity index (χ4v) is 3.44. The third kappa shape index (κ3) is 3.89. The summed E-state index contributed by atoms with van der Waals surface area (Å²) >= 11 is 1.40. The molecule has 2 N–H and O–H groups in total. The van der Waals surface area contributed by atoms with Crippen molar-refractivity contribution in [3.63, 3.8) is 0 Å². The molecule has 0 aliphatic rings. The zero-order valence-electron chi connectivity index (χ0n) is 15.1. The standard InChI is InChI=1S/C19H16N6O2S/c1-11-21-7-6-16(22-11)25-18(26)17-19(28-12(2)23-17)24-14-5-3-4-13(8-14)15-9-20-10-27-15/h3-10,24H,1-2H3,(H,21,22,25,26). The fourth-order valence-electron chi connectivity index (χ4n) is 2.61. The minimum atomic E-state index is -0.337. The maximum absolute atomic E-state index is 12.7. The lowest BCUT2D eigenvalue weighted by Gasteiger charge is -2.08. The van der Waals surface area contributed by atoms with Crippen molar-refractivity contribution in [3.8, 4) is 11.3 Å². The van der Waals surface area contributed by atoms with E-state index < -0.39 is 0 Å². The number of hydrogen-bond donors (Lipinski definition) is 2. The van der Waals surface area contributed by atoms with Gasteiger partial charge in [0.1, 0.15) is 16.6 Å². The van der Waals surface area contributed by atoms with E-state index in [1.807, 2.05) is 31.2 Å². The van der Waals surface area contributed by atoms with Gasteiger partial charge in [0, 0.05) is 17.4 Å². The highest BCUT2D eigenvalue weighted by molar-refractivity contribution is 7.16. The number of hydrogen-bond acceptors (Lipinski definition) is 8. The van der Waals surface area contributed by atoms with Crippen LogP contribution in [0.25, 0.3) is 11.3 Å². The summed E-state index contributed by atoms with van der Waals surface area (Å²) in [6.07, 6.45) is 4.64. The average Bonchev–Trinajstić information content (AvgIpc) is 3.32. The van der Waals surface area contributed by atoms with Gasteiger partial charge in [-0.05, 0) is 32.0 Å². The van der Waals surface area contributed by atoms with Gasteiger partial charge in [-0.3, -0.25) is 4.79 Å². The number of anilines is 3. The van der Waals surface area contributed by atoms with Crippen LogP contribution in [0.15, 0.2) is 53.5 Å². The number of oxazole rings is 1. The first kappa shape index (κ1) is 17.8. The van der Waals surface area contributed by atoms with Crippen molar-refractivity contribution >= 4 is 33.8 Å². The van der Waals surface area contributed by atoms with E-state index in [-0.39, 0.29) is 5.91 Å². The lowest BCUT2D eigenvalue weighted by atomic mass is 10.1. The molecule has 0 unspecified atom stereocenters. The summed E-state index contributed by atoms with van der Waals surface area (Å²) in [6.45, 7) is 3.61. The van der Waals surface area contributed by atoms with Crippen LogP contribution < -0.4 is 10.6 Å². The van der Waals surface area contributed by atoms with Crippen LogP contribution in [0.5, 0.6) is 0 Å². The molecule has 1 amide bonds. The van der Waals surface area contributed by atoms with E-state index >= 15 is 0 Å². The molecule has 0 aliphatic heterocycles. The molecule has 9 heteroatoms. The first-order chi connectivity index (χ1) is 13.6. The van der Waals surface area contributed by atoms with Gasteiger partial charge in [-0.1, -0.05) is 12.1 Å². The monoisotopic (exact) mass is 392 g/mol. The van der Waals surface area contributed by atoms with Crippen molar-refractivity contribution < 1.29 is 9.21 Å². The fraction of sp³-hybridized carbons (Fsp3) is 0.105. The van der Waals surface area contributed by atoms with E-state index in [9.17, 15) is 4.79 Å². The van der Waals surface area contributed by atoms with Crippen molar-refractivity contribution in [3.05, 3.63) is 65.6 Å². The summed E-state index contributed by atoms with van der Waals surface area (Å²) in [5, 5.41) is 7.46. The van der Waals surface area contributed by atoms with Gasteiger partial charge in [-0.2, -0.15) is 0 Å². The Hall–Kier alpha value is -3.59. The molecule has 0 fully saturated rings. The van der Waals surface area contributed by atoms with Crippen LogP contribution >= 0.6 is 11.3 Å². The molecule has 1 aromatic carbocycles. The summed E-state index contributed by atoms with van der Waals surface area (Å²) in [5.41, 5.74) is 2.00. The Bertz CT molecular complexity index is 1120. The van der Waals surface area contributed by atoms with Gasteiger partial charge in [-0.25, -0.2) is 19.9 Å². The molecule has 4 aromatic rings. The maximum atomic E-state index is 12.7. The molecule has 3 heterocycles. The number of amides is 1. The van der Waals surface area contributed by atoms with E-state index in [2.05, 4.69) is 30.6 Å². The van der Waals surface area contributed by atoms with Gasteiger partial charge in [-0.15, -0.1) is 11.3 Å². The van der Waals surface area contributed by atoms with E-state index in [0.29, 0.717) is 28.1 Å². The molecule has 8 nitrogen and oxygen atoms in total. The van der Waals surface area contributed by atoms with Crippen LogP contribution in [0, 0.1) is 13.8 Å². The average molecular weight is 392 g/mol. The third-order valence-electron chi connectivity index (χ3n) is 3.80. The van der Waals surface area contributed by atoms with Crippen molar-refractivity contribution in [2.45, 2.75) is 13.8 Å². The molecule has 0 bridgehead atoms. The van der Waals surface area contributed by atoms with Crippen molar-refractivity contribution in [1.82, 2.24) is 19.9 Å². The number of nitrogens with one attached hydrogen (secondary N) is 2. The van der Waals surface area contributed by atoms with Gasteiger partial charge >= 0.3 is 0 Å². The molecule has 0 spiro atoms. The van der Waals surface area contributed by atoms with Gasteiger partial charge in [0.2, 0.25) is 0 Å². The van der Waals surface area contributed by atoms with Gasteiger partial charge < -0.3 is 15.1 Å². The summed E-state index contributed by atoms with van der Waals surface area (Å²) in [4.78, 5) is 29.2. The second-order valence-corrected chi connectivity index (χ2v) is 7.13. The highest BCUT2D eigenvalue weighted by Gasteiger charge is 2.18. The van der Waals surface area contributed by atoms with Crippen molar-refractivity contribution in [1.29, 1.82) is 0 Å². The van der Waals surface area contributed by atoms with E-state index in [0.717, 1.165) is 16.3 Å². The van der Waals surface area contributed by atoms with Gasteiger partial charge in [0.15, 0.2) is 17.8 Å². The summed E-state index contributed by atoms with van der Waals surface area (Å²) in [5.74, 6) is 1.34. The lowest BCUT2D eigenvalue weighted by Crippen LogP contribution is -2.15. The van der Waals surface area contributed by atoms with Crippen LogP contribution in [-0.4, -0.2) is 25.8 Å². The second kappa shape index (κ2) is 7.57. The molecule has 0 saturated carbocycles. The highest BCUT2D eigenvalue weighted by Crippen LogP contribution is 2.30. The molecule has 0 aliphatic carbocycles. The maximum Gasteiger partial charge on any atom is 0.278 e. The number of aromatic nitrogens is 4. The topological polar surface area (TPSA) is 106 Å². The number of nitrogens with zero attached hydrogens (tertiary/aromatic N) is 4. The number of carbonyl (C=O) groups excluding carboxylic acids is 1. The van der Waals surface area contributed by atoms with E-state index in [1.165, 1.54) is 17.7 Å². The molecular formula is C19H16N6O2S. The molecular weight excluding hydrogens is 376 g/mol. The Kier molecular flexibility index (Phi) is 4.81. The van der Waals surface area contributed by atoms with Crippen LogP contribution in [0.4, 0.5) is 16.5 Å². The van der Waals surface area contributed by atoms with Crippen LogP contribution in [0.1, 0.15) is 21.3 Å². The number of aryl methyl sites for hydroxylation is 2. The first-order valence-electron chi connectivity index (χ1n) is 8.43.